The highest BCUT2D eigenvalue weighted by Crippen LogP contribution is 2.20. The zero-order valence-corrected chi connectivity index (χ0v) is 57.6. The molecule has 12 atom stereocenters. The van der Waals surface area contributed by atoms with Crippen molar-refractivity contribution < 1.29 is 67.7 Å². The Balaban J connectivity index is 3.82. The lowest BCUT2D eigenvalue weighted by molar-refractivity contribution is -0.143. The van der Waals surface area contributed by atoms with Gasteiger partial charge in [-0.1, -0.05) is 0 Å². The third kappa shape index (κ3) is 37.0. The lowest BCUT2D eigenvalue weighted by Gasteiger charge is -2.29. The fourth-order valence-corrected chi connectivity index (χ4v) is 10.1. The molecule has 1 aliphatic heterocycles. The lowest BCUT2D eigenvalue weighted by atomic mass is 10.0. The van der Waals surface area contributed by atoms with E-state index >= 15 is 0 Å². The third-order valence-electron chi connectivity index (χ3n) is 15.5. The fourth-order valence-electron chi connectivity index (χ4n) is 10.1. The summed E-state index contributed by atoms with van der Waals surface area (Å²) in [5.41, 5.74) is 78.1. The van der Waals surface area contributed by atoms with Gasteiger partial charge >= 0.3 is 5.97 Å². The van der Waals surface area contributed by atoms with Crippen LogP contribution in [-0.2, 0) is 57.5 Å². The minimum Gasteiger partial charge on any atom is -0.480 e. The van der Waals surface area contributed by atoms with Crippen LogP contribution >= 0.6 is 0 Å². The van der Waals surface area contributed by atoms with Crippen LogP contribution in [0.1, 0.15) is 136 Å². The number of guanidine groups is 5. The second-order valence-corrected chi connectivity index (χ2v) is 24.0. The summed E-state index contributed by atoms with van der Waals surface area (Å²) in [4.78, 5) is 186. The largest absolute Gasteiger partial charge is 0.480 e. The Kier molecular flexibility index (Phi) is 42.7. The Morgan fingerprint density at radius 1 is 0.406 bits per heavy atom. The van der Waals surface area contributed by atoms with Crippen LogP contribution in [0.4, 0.5) is 0 Å². The molecule has 39 N–H and O–H groups in total. The number of carboxylic acids is 1. The van der Waals surface area contributed by atoms with Gasteiger partial charge in [0.2, 0.25) is 65.0 Å². The number of carbonyl (C=O) groups excluding carboxylic acids is 11. The number of nitrogens with one attached hydrogen (secondary N) is 9. The first-order chi connectivity index (χ1) is 47.6. The van der Waals surface area contributed by atoms with E-state index in [1.54, 1.807) is 0 Å². The summed E-state index contributed by atoms with van der Waals surface area (Å²) in [5.74, 6) is -13.0. The Morgan fingerprint density at radius 2 is 0.683 bits per heavy atom. The molecule has 1 saturated heterocycles. The van der Waals surface area contributed by atoms with E-state index in [1.165, 1.54) is 18.7 Å². The van der Waals surface area contributed by atoms with Gasteiger partial charge in [0.25, 0.3) is 0 Å². The maximum Gasteiger partial charge on any atom is 0.326 e. The summed E-state index contributed by atoms with van der Waals surface area (Å²) in [5, 5.41) is 42.8. The van der Waals surface area contributed by atoms with E-state index in [-0.39, 0.29) is 178 Å². The molecule has 0 saturated carbocycles. The van der Waals surface area contributed by atoms with E-state index in [9.17, 15) is 67.7 Å². The van der Waals surface area contributed by atoms with E-state index in [2.05, 4.69) is 72.8 Å². The van der Waals surface area contributed by atoms with Crippen LogP contribution in [0.5, 0.6) is 0 Å². The number of carboxylic acid groups (broad SMARTS) is 1. The molecule has 572 valence electrons. The fraction of sp³-hybridized carbons (Fsp3) is 0.707. The van der Waals surface area contributed by atoms with Gasteiger partial charge in [0.15, 0.2) is 29.8 Å². The number of primary amides is 1. The molecular weight excluding hydrogens is 1330 g/mol. The van der Waals surface area contributed by atoms with E-state index < -0.39 is 150 Å². The molecule has 0 aromatic heterocycles. The summed E-state index contributed by atoms with van der Waals surface area (Å²) in [6, 6.07) is -15.9. The van der Waals surface area contributed by atoms with E-state index in [0.29, 0.717) is 19.3 Å². The van der Waals surface area contributed by atoms with Crippen LogP contribution in [0, 0.1) is 0 Å². The molecule has 0 unspecified atom stereocenters. The highest BCUT2D eigenvalue weighted by Gasteiger charge is 2.40. The van der Waals surface area contributed by atoms with Gasteiger partial charge in [0.05, 0.1) is 12.5 Å². The normalized spacial score (nSPS) is 15.7. The smallest absolute Gasteiger partial charge is 0.326 e. The van der Waals surface area contributed by atoms with Crippen molar-refractivity contribution in [3.8, 4) is 0 Å². The molecule has 11 amide bonds. The highest BCUT2D eigenvalue weighted by atomic mass is 16.4. The number of unbranched alkanes of at least 4 members (excludes halogenated alkanes) is 2. The molecule has 0 spiro atoms. The van der Waals surface area contributed by atoms with E-state index in [0.717, 1.165) is 0 Å². The minimum atomic E-state index is -1.78. The standard InChI is InChI=1S/C58H111N29O14/c1-30(78-44(91)34(15-7-23-73-54(63)64)85-51(98)40-20-12-28-87(40)52(99)42(62)31(2)88)43(90)79-35(16-8-24-74-55(65)66)47(94)82-37(18-10-26-76-57(69)70)49(96)83-36(17-9-25-75-56(67)68)48(95)81-32(13-3-5-21-59)45(92)80-33(14-4-6-22-60)46(93)84-38(19-11-27-77-58(71)72)50(97)86-39(53(100)101)29-41(61)89/h30-40,42,88H,3-29,59-60,62H2,1-2H3,(H2,61,89)(H,78,91)(H,79,90)(H,80,92)(H,81,95)(H,82,94)(H,83,96)(H,84,93)(H,85,98)(H,86,97)(H,100,101)(H4,63,64,73)(H4,65,66,74)(H4,67,68,75)(H4,69,70,76)(H4,71,72,77)/t30-,31+,32-,33-,34-,35-,36-,37-,38-,39-,40-,42-/m0/s1. The van der Waals surface area contributed by atoms with Gasteiger partial charge in [-0.25, -0.2) is 4.79 Å². The van der Waals surface area contributed by atoms with Gasteiger partial charge in [-0.2, -0.15) is 0 Å². The second-order valence-electron chi connectivity index (χ2n) is 24.0. The van der Waals surface area contributed by atoms with Crippen molar-refractivity contribution >= 4 is 101 Å². The zero-order chi connectivity index (χ0) is 76.3. The number of hydrogen-bond acceptors (Lipinski definition) is 21. The predicted octanol–water partition coefficient (Wildman–Crippen LogP) is -11.4. The average Bonchev–Trinajstić information content (AvgIpc) is 1.76. The van der Waals surface area contributed by atoms with Gasteiger partial charge in [-0.3, -0.25) is 77.7 Å². The van der Waals surface area contributed by atoms with Gasteiger partial charge in [-0.15, -0.1) is 0 Å². The van der Waals surface area contributed by atoms with Crippen LogP contribution in [-0.4, -0.2) is 241 Å². The first-order valence-corrected chi connectivity index (χ1v) is 33.3. The Hall–Kier alpha value is -10.2. The van der Waals surface area contributed by atoms with Crippen LogP contribution in [0.25, 0.3) is 0 Å². The number of carbonyl (C=O) groups is 12. The Morgan fingerprint density at radius 3 is 0.960 bits per heavy atom. The van der Waals surface area contributed by atoms with E-state index in [1.807, 2.05) is 0 Å². The van der Waals surface area contributed by atoms with Crippen molar-refractivity contribution in [3.63, 3.8) is 0 Å². The first-order valence-electron chi connectivity index (χ1n) is 33.3. The molecule has 0 aliphatic carbocycles. The number of aliphatic carboxylic acids is 1. The molecule has 0 aromatic rings. The number of aliphatic hydroxyl groups is 1. The molecule has 43 nitrogen and oxygen atoms in total. The van der Waals surface area contributed by atoms with E-state index in [4.69, 9.17) is 80.3 Å². The SMILES string of the molecule is C[C@H](NC(=O)[C@H](CCCN=C(N)N)NC(=O)[C@@H]1CCCN1C(=O)[C@@H](N)[C@@H](C)O)C(=O)N[C@@H](CCCN=C(N)N)C(=O)N[C@@H](CCCN=C(N)N)C(=O)N[C@@H](CCCN=C(N)N)C(=O)N[C@@H](CCCCN)C(=O)N[C@@H](CCCCN)C(=O)N[C@@H](CCCN=C(N)N)C(=O)N[C@@H](CC(N)=O)C(=O)O. The van der Waals surface area contributed by atoms with Gasteiger partial charge in [0.1, 0.15) is 66.5 Å². The predicted molar refractivity (Wildman–Crippen MR) is 374 cm³/mol. The zero-order valence-electron chi connectivity index (χ0n) is 57.6. The van der Waals surface area contributed by atoms with Crippen LogP contribution in [0.15, 0.2) is 25.0 Å². The number of amides is 11. The van der Waals surface area contributed by atoms with Gasteiger partial charge < -0.3 is 143 Å². The molecule has 0 aromatic carbocycles. The minimum absolute atomic E-state index is 0.0265. The summed E-state index contributed by atoms with van der Waals surface area (Å²) in [6.07, 6.45) is -0.882. The van der Waals surface area contributed by atoms with Crippen LogP contribution in [0.3, 0.4) is 0 Å². The quantitative estimate of drug-likeness (QED) is 0.0153. The Bertz CT molecular complexity index is 2860. The molecule has 0 radical (unpaired) electrons. The molecule has 101 heavy (non-hydrogen) atoms. The van der Waals surface area contributed by atoms with Crippen molar-refractivity contribution in [2.75, 3.05) is 52.4 Å². The molecule has 1 fully saturated rings. The van der Waals surface area contributed by atoms with Crippen molar-refractivity contribution in [3.05, 3.63) is 0 Å². The number of nitrogens with two attached hydrogens (primary N) is 14. The van der Waals surface area contributed by atoms with Crippen LogP contribution < -0.4 is 128 Å². The summed E-state index contributed by atoms with van der Waals surface area (Å²) in [6.45, 7) is 2.94. The Labute approximate surface area is 585 Å². The van der Waals surface area contributed by atoms with Crippen molar-refractivity contribution in [2.24, 2.45) is 105 Å². The number of nitrogens with zero attached hydrogens (tertiary/aromatic N) is 6. The van der Waals surface area contributed by atoms with Gasteiger partial charge in [0, 0.05) is 39.3 Å². The number of aliphatic imine (C=N–C) groups is 5. The second kappa shape index (κ2) is 48.6. The van der Waals surface area contributed by atoms with Crippen molar-refractivity contribution in [1.29, 1.82) is 0 Å². The highest BCUT2D eigenvalue weighted by molar-refractivity contribution is 5.99. The maximum absolute atomic E-state index is 14.7. The number of hydrogen-bond donors (Lipinski definition) is 25. The lowest BCUT2D eigenvalue weighted by Crippen LogP contribution is -2.60. The molecule has 1 heterocycles. The summed E-state index contributed by atoms with van der Waals surface area (Å²) in [7, 11) is 0. The molecule has 0 bridgehead atoms. The summed E-state index contributed by atoms with van der Waals surface area (Å²) < 4.78 is 0. The number of rotatable bonds is 51. The van der Waals surface area contributed by atoms with Crippen molar-refractivity contribution in [2.45, 2.75) is 208 Å². The topological polar surface area (TPSA) is 783 Å². The summed E-state index contributed by atoms with van der Waals surface area (Å²) >= 11 is 0. The van der Waals surface area contributed by atoms with Crippen molar-refractivity contribution in [1.82, 2.24) is 52.8 Å². The first kappa shape index (κ1) is 88.8. The average molecular weight is 1440 g/mol. The van der Waals surface area contributed by atoms with Gasteiger partial charge in [-0.05, 0) is 143 Å². The van der Waals surface area contributed by atoms with Crippen LogP contribution in [0.2, 0.25) is 0 Å². The molecule has 1 rings (SSSR count). The third-order valence-corrected chi connectivity index (χ3v) is 15.5. The number of aliphatic hydroxyl groups excluding tert-OH is 1. The molecule has 43 heteroatoms. The molecular formula is C58H111N29O14. The maximum atomic E-state index is 14.7. The molecule has 1 aliphatic rings. The number of likely N-dealkylation sites (tertiary alicyclic amines) is 1. The monoisotopic (exact) mass is 1440 g/mol.